The number of aliphatic imine (C=N–C) groups is 1. The first-order valence-electron chi connectivity index (χ1n) is 3.98. The van der Waals surface area contributed by atoms with Crippen LogP contribution in [0.2, 0.25) is 0 Å². The van der Waals surface area contributed by atoms with E-state index in [0.717, 1.165) is 0 Å². The first-order valence-corrected chi connectivity index (χ1v) is 3.98. The average molecular weight is 155 g/mol. The van der Waals surface area contributed by atoms with E-state index in [1.807, 2.05) is 13.0 Å². The standard InChI is InChI=1S/C9H17NO/c1-5-11-9(10-4)7-6-8(2)3/h6-8H,5H2,1-4H3/b7-6-,10-9?. The molecule has 0 bridgehead atoms. The quantitative estimate of drug-likeness (QED) is 0.452. The lowest BCUT2D eigenvalue weighted by atomic mass is 10.2. The highest BCUT2D eigenvalue weighted by molar-refractivity contribution is 5.87. The minimum atomic E-state index is 0.548. The molecular formula is C9H17NO. The van der Waals surface area contributed by atoms with Gasteiger partial charge < -0.3 is 4.74 Å². The predicted octanol–water partition coefficient (Wildman–Crippen LogP) is 2.26. The van der Waals surface area contributed by atoms with Crippen LogP contribution < -0.4 is 0 Å². The Hall–Kier alpha value is -0.790. The molecule has 0 spiro atoms. The summed E-state index contributed by atoms with van der Waals surface area (Å²) in [5, 5.41) is 0. The monoisotopic (exact) mass is 155 g/mol. The van der Waals surface area contributed by atoms with E-state index in [0.29, 0.717) is 18.4 Å². The van der Waals surface area contributed by atoms with E-state index in [9.17, 15) is 0 Å². The number of nitrogens with zero attached hydrogens (tertiary/aromatic N) is 1. The first-order chi connectivity index (χ1) is 5.20. The number of hydrogen-bond acceptors (Lipinski definition) is 2. The molecule has 2 nitrogen and oxygen atoms in total. The summed E-state index contributed by atoms with van der Waals surface area (Å²) >= 11 is 0. The Morgan fingerprint density at radius 2 is 2.18 bits per heavy atom. The third-order valence-electron chi connectivity index (χ3n) is 1.14. The highest BCUT2D eigenvalue weighted by atomic mass is 16.5. The van der Waals surface area contributed by atoms with E-state index in [2.05, 4.69) is 24.9 Å². The van der Waals surface area contributed by atoms with Crippen molar-refractivity contribution in [2.75, 3.05) is 13.7 Å². The van der Waals surface area contributed by atoms with Gasteiger partial charge in [-0.3, -0.25) is 4.99 Å². The second-order valence-corrected chi connectivity index (χ2v) is 2.60. The normalized spacial score (nSPS) is 13.0. The van der Waals surface area contributed by atoms with Crippen molar-refractivity contribution in [3.63, 3.8) is 0 Å². The van der Waals surface area contributed by atoms with Gasteiger partial charge in [-0.05, 0) is 18.9 Å². The summed E-state index contributed by atoms with van der Waals surface area (Å²) in [5.41, 5.74) is 0. The summed E-state index contributed by atoms with van der Waals surface area (Å²) in [6.07, 6.45) is 3.98. The highest BCUT2D eigenvalue weighted by Crippen LogP contribution is 1.94. The molecule has 0 radical (unpaired) electrons. The minimum absolute atomic E-state index is 0.548. The Balaban J connectivity index is 3.88. The van der Waals surface area contributed by atoms with Crippen LogP contribution in [0.3, 0.4) is 0 Å². The number of hydrogen-bond donors (Lipinski definition) is 0. The van der Waals surface area contributed by atoms with Gasteiger partial charge in [-0.15, -0.1) is 0 Å². The maximum atomic E-state index is 5.20. The van der Waals surface area contributed by atoms with E-state index >= 15 is 0 Å². The molecule has 0 amide bonds. The molecule has 0 fully saturated rings. The third kappa shape index (κ3) is 5.64. The van der Waals surface area contributed by atoms with Crippen molar-refractivity contribution in [3.05, 3.63) is 12.2 Å². The topological polar surface area (TPSA) is 21.6 Å². The van der Waals surface area contributed by atoms with Crippen molar-refractivity contribution in [2.24, 2.45) is 10.9 Å². The van der Waals surface area contributed by atoms with Gasteiger partial charge in [0.15, 0.2) is 0 Å². The third-order valence-corrected chi connectivity index (χ3v) is 1.14. The van der Waals surface area contributed by atoms with Crippen molar-refractivity contribution in [1.29, 1.82) is 0 Å². The molecule has 0 heterocycles. The summed E-state index contributed by atoms with van der Waals surface area (Å²) in [4.78, 5) is 3.96. The molecule has 0 aromatic carbocycles. The fraction of sp³-hybridized carbons (Fsp3) is 0.667. The van der Waals surface area contributed by atoms with Gasteiger partial charge in [-0.1, -0.05) is 19.9 Å². The van der Waals surface area contributed by atoms with Gasteiger partial charge >= 0.3 is 0 Å². The van der Waals surface area contributed by atoms with Gasteiger partial charge in [0.1, 0.15) is 0 Å². The number of allylic oxidation sites excluding steroid dienone is 1. The molecule has 0 saturated heterocycles. The highest BCUT2D eigenvalue weighted by Gasteiger charge is 1.90. The molecule has 0 aliphatic heterocycles. The molecule has 11 heavy (non-hydrogen) atoms. The Bertz CT molecular complexity index is 148. The zero-order valence-corrected chi connectivity index (χ0v) is 7.79. The SMILES string of the molecule is CCOC(/C=C\C(C)C)=NC. The lowest BCUT2D eigenvalue weighted by Crippen LogP contribution is -2.00. The van der Waals surface area contributed by atoms with Crippen LogP contribution in [0, 0.1) is 5.92 Å². The molecule has 0 atom stereocenters. The second kappa shape index (κ2) is 5.96. The van der Waals surface area contributed by atoms with Crippen LogP contribution in [0.15, 0.2) is 17.1 Å². The van der Waals surface area contributed by atoms with Gasteiger partial charge in [0.25, 0.3) is 0 Å². The van der Waals surface area contributed by atoms with Gasteiger partial charge in [0, 0.05) is 7.05 Å². The summed E-state index contributed by atoms with van der Waals surface area (Å²) < 4.78 is 5.20. The summed E-state index contributed by atoms with van der Waals surface area (Å²) in [7, 11) is 1.73. The Labute approximate surface area is 69.0 Å². The lowest BCUT2D eigenvalue weighted by molar-refractivity contribution is 0.329. The minimum Gasteiger partial charge on any atom is -0.478 e. The second-order valence-electron chi connectivity index (χ2n) is 2.60. The predicted molar refractivity (Wildman–Crippen MR) is 49.0 cm³/mol. The first kappa shape index (κ1) is 10.2. The lowest BCUT2D eigenvalue weighted by Gasteiger charge is -2.00. The van der Waals surface area contributed by atoms with Crippen molar-refractivity contribution >= 4 is 5.90 Å². The summed E-state index contributed by atoms with van der Waals surface area (Å²) in [6, 6.07) is 0. The maximum absolute atomic E-state index is 5.20. The van der Waals surface area contributed by atoms with Crippen molar-refractivity contribution < 1.29 is 4.74 Å². The molecule has 0 saturated carbocycles. The van der Waals surface area contributed by atoms with E-state index in [-0.39, 0.29) is 0 Å². The smallest absolute Gasteiger partial charge is 0.207 e. The van der Waals surface area contributed by atoms with Crippen LogP contribution in [-0.4, -0.2) is 19.6 Å². The molecule has 0 aromatic heterocycles. The fourth-order valence-corrected chi connectivity index (χ4v) is 0.610. The van der Waals surface area contributed by atoms with Gasteiger partial charge in [0.2, 0.25) is 5.90 Å². The van der Waals surface area contributed by atoms with E-state index in [1.165, 1.54) is 0 Å². The van der Waals surface area contributed by atoms with Crippen LogP contribution in [-0.2, 0) is 4.74 Å². The molecule has 0 rings (SSSR count). The van der Waals surface area contributed by atoms with E-state index in [4.69, 9.17) is 4.74 Å². The molecule has 0 aromatic rings. The molecule has 0 N–H and O–H groups in total. The average Bonchev–Trinajstić information content (AvgIpc) is 1.97. The van der Waals surface area contributed by atoms with Crippen LogP contribution >= 0.6 is 0 Å². The van der Waals surface area contributed by atoms with Crippen molar-refractivity contribution in [2.45, 2.75) is 20.8 Å². The molecular weight excluding hydrogens is 138 g/mol. The van der Waals surface area contributed by atoms with E-state index < -0.39 is 0 Å². The Kier molecular flexibility index (Phi) is 5.53. The largest absolute Gasteiger partial charge is 0.478 e. The molecule has 0 unspecified atom stereocenters. The fourth-order valence-electron chi connectivity index (χ4n) is 0.610. The summed E-state index contributed by atoms with van der Waals surface area (Å²) in [6.45, 7) is 6.87. The Morgan fingerprint density at radius 1 is 1.55 bits per heavy atom. The molecule has 64 valence electrons. The van der Waals surface area contributed by atoms with Gasteiger partial charge in [-0.25, -0.2) is 0 Å². The van der Waals surface area contributed by atoms with Crippen LogP contribution in [0.4, 0.5) is 0 Å². The molecule has 2 heteroatoms. The van der Waals surface area contributed by atoms with Crippen molar-refractivity contribution in [3.8, 4) is 0 Å². The zero-order valence-electron chi connectivity index (χ0n) is 7.79. The van der Waals surface area contributed by atoms with E-state index in [1.54, 1.807) is 7.05 Å². The molecule has 0 aliphatic rings. The molecule has 0 aliphatic carbocycles. The van der Waals surface area contributed by atoms with Crippen LogP contribution in [0.5, 0.6) is 0 Å². The summed E-state index contributed by atoms with van der Waals surface area (Å²) in [5.74, 6) is 1.26. The van der Waals surface area contributed by atoms with Crippen LogP contribution in [0.25, 0.3) is 0 Å². The van der Waals surface area contributed by atoms with Crippen LogP contribution in [0.1, 0.15) is 20.8 Å². The van der Waals surface area contributed by atoms with Crippen molar-refractivity contribution in [1.82, 2.24) is 0 Å². The van der Waals surface area contributed by atoms with Gasteiger partial charge in [-0.2, -0.15) is 0 Å². The van der Waals surface area contributed by atoms with Gasteiger partial charge in [0.05, 0.1) is 6.61 Å². The maximum Gasteiger partial charge on any atom is 0.207 e. The number of ether oxygens (including phenoxy) is 1. The zero-order chi connectivity index (χ0) is 8.69. The number of rotatable bonds is 3. The Morgan fingerprint density at radius 3 is 2.55 bits per heavy atom.